The Morgan fingerprint density at radius 1 is 0.854 bits per heavy atom. The number of likely N-dealkylation sites (tertiary alicyclic amines) is 1. The summed E-state index contributed by atoms with van der Waals surface area (Å²) in [4.78, 5) is 7.08. The molecule has 0 radical (unpaired) electrons. The molecule has 0 aliphatic carbocycles. The number of hydrogen-bond acceptors (Lipinski definition) is 6. The van der Waals surface area contributed by atoms with E-state index < -0.39 is 0 Å². The normalized spacial score (nSPS) is 17.8. The van der Waals surface area contributed by atoms with Crippen molar-refractivity contribution >= 4 is 22.3 Å². The zero-order valence-electron chi connectivity index (χ0n) is 25.2. The third-order valence-electron chi connectivity index (χ3n) is 7.72. The summed E-state index contributed by atoms with van der Waals surface area (Å²) in [5.41, 5.74) is 4.30. The fourth-order valence-electron chi connectivity index (χ4n) is 5.70. The molecule has 2 unspecified atom stereocenters. The molecule has 4 aromatic rings. The fourth-order valence-corrected chi connectivity index (χ4v) is 5.70. The quantitative estimate of drug-likeness (QED) is 0.224. The van der Waals surface area contributed by atoms with Crippen LogP contribution in [-0.4, -0.2) is 43.2 Å². The van der Waals surface area contributed by atoms with Crippen molar-refractivity contribution in [3.8, 4) is 23.0 Å². The number of nitrogens with zero attached hydrogens (tertiary/aromatic N) is 2. The number of aromatic nitrogens is 1. The third-order valence-corrected chi connectivity index (χ3v) is 7.72. The maximum Gasteiger partial charge on any atom is 0.163 e. The molecular formula is C35H43N3O3. The third kappa shape index (κ3) is 7.31. The van der Waals surface area contributed by atoms with E-state index in [9.17, 15) is 0 Å². The first-order valence-electron chi connectivity index (χ1n) is 14.7. The summed E-state index contributed by atoms with van der Waals surface area (Å²) in [5.74, 6) is 4.30. The first-order valence-corrected chi connectivity index (χ1v) is 14.7. The maximum absolute atomic E-state index is 6.30. The molecule has 0 spiro atoms. The number of hydrogen-bond donors (Lipinski definition) is 1. The van der Waals surface area contributed by atoms with Crippen LogP contribution >= 0.6 is 0 Å². The van der Waals surface area contributed by atoms with E-state index in [1.165, 1.54) is 12.0 Å². The average Bonchev–Trinajstić information content (AvgIpc) is 2.93. The van der Waals surface area contributed by atoms with E-state index >= 15 is 0 Å². The predicted molar refractivity (Wildman–Crippen MR) is 168 cm³/mol. The number of anilines is 2. The number of piperidine rings is 1. The Hall–Kier alpha value is -3.77. The molecule has 0 saturated carbocycles. The highest BCUT2D eigenvalue weighted by Gasteiger charge is 2.22. The van der Waals surface area contributed by atoms with Gasteiger partial charge < -0.3 is 19.5 Å². The van der Waals surface area contributed by atoms with Crippen molar-refractivity contribution in [3.05, 3.63) is 78.5 Å². The Kier molecular flexibility index (Phi) is 8.69. The molecule has 1 aliphatic rings. The van der Waals surface area contributed by atoms with Gasteiger partial charge in [-0.05, 0) is 77.8 Å². The Balaban J connectivity index is 1.25. The van der Waals surface area contributed by atoms with Crippen molar-refractivity contribution in [2.75, 3.05) is 38.7 Å². The van der Waals surface area contributed by atoms with Crippen LogP contribution in [0, 0.1) is 11.8 Å². The van der Waals surface area contributed by atoms with Crippen LogP contribution in [0.3, 0.4) is 0 Å². The van der Waals surface area contributed by atoms with Crippen LogP contribution in [0.4, 0.5) is 11.4 Å². The van der Waals surface area contributed by atoms with E-state index in [0.717, 1.165) is 65.2 Å². The van der Waals surface area contributed by atoms with Crippen molar-refractivity contribution in [2.24, 2.45) is 11.8 Å². The smallest absolute Gasteiger partial charge is 0.163 e. The summed E-state index contributed by atoms with van der Waals surface area (Å²) in [6.07, 6.45) is 3.07. The highest BCUT2D eigenvalue weighted by molar-refractivity contribution is 5.88. The van der Waals surface area contributed by atoms with Crippen molar-refractivity contribution in [2.45, 2.75) is 46.5 Å². The number of benzene rings is 3. The minimum Gasteiger partial charge on any atom is -0.493 e. The van der Waals surface area contributed by atoms with E-state index in [2.05, 4.69) is 74.1 Å². The SMILES string of the molecule is COc1cc2c(Oc3ccc(Nc4ccc(C(C)(C)C)cc4)cc3)ccnc2cc1OCCN1CC(C)CC(C)C1. The average molecular weight is 554 g/mol. The van der Waals surface area contributed by atoms with E-state index in [4.69, 9.17) is 14.2 Å². The maximum atomic E-state index is 6.30. The zero-order valence-corrected chi connectivity index (χ0v) is 25.2. The minimum atomic E-state index is 0.137. The molecule has 0 bridgehead atoms. The van der Waals surface area contributed by atoms with Crippen LogP contribution in [0.25, 0.3) is 10.9 Å². The Morgan fingerprint density at radius 2 is 1.51 bits per heavy atom. The van der Waals surface area contributed by atoms with Crippen molar-refractivity contribution < 1.29 is 14.2 Å². The number of fused-ring (bicyclic) bond motifs is 1. The van der Waals surface area contributed by atoms with Crippen molar-refractivity contribution in [1.29, 1.82) is 0 Å². The molecular weight excluding hydrogens is 510 g/mol. The van der Waals surface area contributed by atoms with Crippen molar-refractivity contribution in [1.82, 2.24) is 9.88 Å². The number of ether oxygens (including phenoxy) is 3. The van der Waals surface area contributed by atoms with E-state index in [0.29, 0.717) is 18.1 Å². The van der Waals surface area contributed by atoms with Crippen molar-refractivity contribution in [3.63, 3.8) is 0 Å². The Morgan fingerprint density at radius 3 is 2.15 bits per heavy atom. The van der Waals surface area contributed by atoms with Gasteiger partial charge in [0.05, 0.1) is 12.6 Å². The highest BCUT2D eigenvalue weighted by atomic mass is 16.5. The van der Waals surface area contributed by atoms with E-state index in [1.807, 2.05) is 42.5 Å². The lowest BCUT2D eigenvalue weighted by molar-refractivity contribution is 0.120. The molecule has 41 heavy (non-hydrogen) atoms. The number of methoxy groups -OCH3 is 1. The van der Waals surface area contributed by atoms with Gasteiger partial charge in [0.1, 0.15) is 18.1 Å². The van der Waals surface area contributed by atoms with Crippen LogP contribution in [-0.2, 0) is 5.41 Å². The summed E-state index contributed by atoms with van der Waals surface area (Å²) >= 11 is 0. The minimum absolute atomic E-state index is 0.137. The number of nitrogens with one attached hydrogen (secondary N) is 1. The standard InChI is InChI=1S/C35H43N3O3/c1-24-19-25(2)23-38(22-24)17-18-40-34-21-31-30(20-33(34)39-6)32(15-16-36-31)41-29-13-11-28(12-14-29)37-27-9-7-26(8-10-27)35(3,4)5/h7-16,20-21,24-25,37H,17-19,22-23H2,1-6H3. The fraction of sp³-hybridized carbons (Fsp3) is 0.400. The van der Waals surface area contributed by atoms with Gasteiger partial charge in [0, 0.05) is 48.7 Å². The lowest BCUT2D eigenvalue weighted by Gasteiger charge is -2.34. The monoisotopic (exact) mass is 553 g/mol. The van der Waals surface area contributed by atoms with Gasteiger partial charge in [0.2, 0.25) is 0 Å². The summed E-state index contributed by atoms with van der Waals surface area (Å²) in [6, 6.07) is 22.3. The Labute approximate surface area is 244 Å². The second kappa shape index (κ2) is 12.4. The van der Waals surface area contributed by atoms with Crippen LogP contribution in [0.2, 0.25) is 0 Å². The van der Waals surface area contributed by atoms with Gasteiger partial charge >= 0.3 is 0 Å². The molecule has 1 N–H and O–H groups in total. The molecule has 6 nitrogen and oxygen atoms in total. The van der Waals surface area contributed by atoms with Crippen LogP contribution in [0.5, 0.6) is 23.0 Å². The van der Waals surface area contributed by atoms with Gasteiger partial charge in [-0.25, -0.2) is 0 Å². The summed E-state index contributed by atoms with van der Waals surface area (Å²) in [5, 5.41) is 4.34. The number of rotatable bonds is 9. The Bertz CT molecular complexity index is 1440. The molecule has 1 fully saturated rings. The van der Waals surface area contributed by atoms with Gasteiger partial charge in [0.25, 0.3) is 0 Å². The summed E-state index contributed by atoms with van der Waals surface area (Å²) in [7, 11) is 1.67. The predicted octanol–water partition coefficient (Wildman–Crippen LogP) is 8.43. The molecule has 1 aliphatic heterocycles. The van der Waals surface area contributed by atoms with Gasteiger partial charge in [-0.15, -0.1) is 0 Å². The molecule has 1 aromatic heterocycles. The van der Waals surface area contributed by atoms with Crippen LogP contribution in [0.15, 0.2) is 72.9 Å². The lowest BCUT2D eigenvalue weighted by atomic mass is 9.87. The number of pyridine rings is 1. The molecule has 6 heteroatoms. The van der Waals surface area contributed by atoms with Gasteiger partial charge in [-0.2, -0.15) is 0 Å². The molecule has 0 amide bonds. The molecule has 2 heterocycles. The van der Waals surface area contributed by atoms with Gasteiger partial charge in [-0.1, -0.05) is 46.8 Å². The highest BCUT2D eigenvalue weighted by Crippen LogP contribution is 2.37. The van der Waals surface area contributed by atoms with Gasteiger partial charge in [0.15, 0.2) is 11.5 Å². The molecule has 5 rings (SSSR count). The largest absolute Gasteiger partial charge is 0.493 e. The second-order valence-electron chi connectivity index (χ2n) is 12.5. The first kappa shape index (κ1) is 28.7. The molecule has 1 saturated heterocycles. The first-order chi connectivity index (χ1) is 19.7. The molecule has 216 valence electrons. The van der Waals surface area contributed by atoms with Crippen LogP contribution in [0.1, 0.15) is 46.6 Å². The molecule has 3 aromatic carbocycles. The zero-order chi connectivity index (χ0) is 29.0. The van der Waals surface area contributed by atoms with Gasteiger partial charge in [-0.3, -0.25) is 9.88 Å². The second-order valence-corrected chi connectivity index (χ2v) is 12.5. The topological polar surface area (TPSA) is 55.9 Å². The van der Waals surface area contributed by atoms with E-state index in [-0.39, 0.29) is 5.41 Å². The van der Waals surface area contributed by atoms with E-state index in [1.54, 1.807) is 13.3 Å². The summed E-state index contributed by atoms with van der Waals surface area (Å²) in [6.45, 7) is 15.1. The molecule has 2 atom stereocenters. The lowest BCUT2D eigenvalue weighted by Crippen LogP contribution is -2.40. The summed E-state index contributed by atoms with van der Waals surface area (Å²) < 4.78 is 18.2. The van der Waals surface area contributed by atoms with Crippen LogP contribution < -0.4 is 19.5 Å².